The molecule has 0 amide bonds. The molecule has 1 atom stereocenters. The van der Waals surface area contributed by atoms with Crippen molar-refractivity contribution in [1.82, 2.24) is 14.9 Å². The maximum absolute atomic E-state index is 10.4. The highest BCUT2D eigenvalue weighted by Gasteiger charge is 2.08. The molecule has 1 N–H and O–H groups in total. The third kappa shape index (κ3) is 4.25. The maximum Gasteiger partial charge on any atom is 0.305 e. The van der Waals surface area contributed by atoms with Gasteiger partial charge in [0.15, 0.2) is 0 Å². The van der Waals surface area contributed by atoms with Crippen LogP contribution in [0.15, 0.2) is 12.4 Å². The molecular weight excluding hydrogens is 234 g/mol. The van der Waals surface area contributed by atoms with E-state index >= 15 is 0 Å². The van der Waals surface area contributed by atoms with Gasteiger partial charge in [0.1, 0.15) is 12.4 Å². The monoisotopic (exact) mass is 253 g/mol. The van der Waals surface area contributed by atoms with Gasteiger partial charge in [-0.15, -0.1) is 0 Å². The Balaban J connectivity index is 2.38. The van der Waals surface area contributed by atoms with Gasteiger partial charge in [0, 0.05) is 19.1 Å². The molecule has 1 aromatic rings. The number of hydrogen-bond donors (Lipinski definition) is 1. The molecule has 7 heteroatoms. The van der Waals surface area contributed by atoms with E-state index in [-0.39, 0.29) is 5.69 Å². The third-order valence-electron chi connectivity index (χ3n) is 2.94. The van der Waals surface area contributed by atoms with Crippen LogP contribution in [0.5, 0.6) is 0 Å². The van der Waals surface area contributed by atoms with Gasteiger partial charge < -0.3 is 10.2 Å². The number of nitrogens with zero attached hydrogens (tertiary/aromatic N) is 4. The van der Waals surface area contributed by atoms with Gasteiger partial charge in [0.25, 0.3) is 0 Å². The Kier molecular flexibility index (Phi) is 5.44. The summed E-state index contributed by atoms with van der Waals surface area (Å²) in [4.78, 5) is 19.9. The molecule has 1 aromatic heterocycles. The van der Waals surface area contributed by atoms with E-state index in [0.29, 0.717) is 18.5 Å². The summed E-state index contributed by atoms with van der Waals surface area (Å²) in [7, 11) is 2.06. The van der Waals surface area contributed by atoms with Crippen LogP contribution in [0.4, 0.5) is 11.6 Å². The molecule has 0 fully saturated rings. The van der Waals surface area contributed by atoms with E-state index in [2.05, 4.69) is 41.1 Å². The number of rotatable bonds is 7. The second kappa shape index (κ2) is 6.85. The normalized spacial score (nSPS) is 12.4. The minimum Gasteiger partial charge on any atom is -0.353 e. The topological polar surface area (TPSA) is 84.2 Å². The van der Waals surface area contributed by atoms with Gasteiger partial charge in [-0.3, -0.25) is 10.1 Å². The van der Waals surface area contributed by atoms with Gasteiger partial charge in [-0.05, 0) is 20.4 Å². The number of nitrogens with one attached hydrogen (secondary N) is 1. The lowest BCUT2D eigenvalue weighted by Gasteiger charge is -2.23. The number of nitro groups is 1. The number of anilines is 1. The molecule has 0 aliphatic carbocycles. The van der Waals surface area contributed by atoms with Crippen LogP contribution >= 0.6 is 0 Å². The van der Waals surface area contributed by atoms with E-state index in [9.17, 15) is 10.1 Å². The molecule has 0 aliphatic heterocycles. The molecule has 1 unspecified atom stereocenters. The minimum absolute atomic E-state index is 0.0997. The summed E-state index contributed by atoms with van der Waals surface area (Å²) >= 11 is 0. The van der Waals surface area contributed by atoms with Gasteiger partial charge in [-0.1, -0.05) is 6.92 Å². The smallest absolute Gasteiger partial charge is 0.305 e. The summed E-state index contributed by atoms with van der Waals surface area (Å²) < 4.78 is 0. The lowest BCUT2D eigenvalue weighted by molar-refractivity contribution is -0.385. The fourth-order valence-corrected chi connectivity index (χ4v) is 1.38. The summed E-state index contributed by atoms with van der Waals surface area (Å²) in [5.74, 6) is 0.415. The van der Waals surface area contributed by atoms with E-state index < -0.39 is 4.92 Å². The van der Waals surface area contributed by atoms with E-state index in [4.69, 9.17) is 0 Å². The van der Waals surface area contributed by atoms with Crippen LogP contribution in [0, 0.1) is 10.1 Å². The first-order chi connectivity index (χ1) is 8.54. The quantitative estimate of drug-likeness (QED) is 0.586. The Morgan fingerprint density at radius 3 is 2.61 bits per heavy atom. The predicted molar refractivity (Wildman–Crippen MR) is 69.6 cm³/mol. The molecule has 18 heavy (non-hydrogen) atoms. The Morgan fingerprint density at radius 1 is 1.50 bits per heavy atom. The predicted octanol–water partition coefficient (Wildman–Crippen LogP) is 1.53. The van der Waals surface area contributed by atoms with Crippen LogP contribution in [0.1, 0.15) is 20.3 Å². The van der Waals surface area contributed by atoms with Crippen LogP contribution < -0.4 is 5.32 Å². The highest BCUT2D eigenvalue weighted by Crippen LogP contribution is 2.07. The van der Waals surface area contributed by atoms with Crippen LogP contribution in [0.25, 0.3) is 0 Å². The molecule has 0 aromatic carbocycles. The van der Waals surface area contributed by atoms with Gasteiger partial charge in [-0.2, -0.15) is 0 Å². The number of hydrogen-bond acceptors (Lipinski definition) is 6. The Morgan fingerprint density at radius 2 is 2.11 bits per heavy atom. The second-order valence-electron chi connectivity index (χ2n) is 4.19. The molecule has 0 aliphatic rings. The summed E-state index contributed by atoms with van der Waals surface area (Å²) in [5, 5.41) is 13.5. The zero-order valence-corrected chi connectivity index (χ0v) is 11.0. The fraction of sp³-hybridized carbons (Fsp3) is 0.636. The number of aromatic nitrogens is 2. The summed E-state index contributed by atoms with van der Waals surface area (Å²) in [6, 6.07) is 0.532. The van der Waals surface area contributed by atoms with Crippen LogP contribution in [-0.4, -0.2) is 46.0 Å². The lowest BCUT2D eigenvalue weighted by atomic mass is 10.2. The molecule has 1 rings (SSSR count). The van der Waals surface area contributed by atoms with E-state index in [1.165, 1.54) is 12.4 Å². The molecule has 0 saturated carbocycles. The van der Waals surface area contributed by atoms with Crippen molar-refractivity contribution >= 4 is 11.6 Å². The first-order valence-corrected chi connectivity index (χ1v) is 5.95. The Labute approximate surface area is 106 Å². The Bertz CT molecular complexity index is 382. The molecular formula is C11H19N5O2. The zero-order valence-electron chi connectivity index (χ0n) is 11.0. The highest BCUT2D eigenvalue weighted by atomic mass is 16.6. The van der Waals surface area contributed by atoms with Crippen LogP contribution in [-0.2, 0) is 0 Å². The maximum atomic E-state index is 10.4. The average Bonchev–Trinajstić information content (AvgIpc) is 2.38. The van der Waals surface area contributed by atoms with Crippen molar-refractivity contribution in [2.24, 2.45) is 0 Å². The molecule has 0 saturated heterocycles. The highest BCUT2D eigenvalue weighted by molar-refractivity contribution is 5.30. The summed E-state index contributed by atoms with van der Waals surface area (Å²) in [6.45, 7) is 5.89. The van der Waals surface area contributed by atoms with Crippen molar-refractivity contribution < 1.29 is 4.92 Å². The van der Waals surface area contributed by atoms with Crippen LogP contribution in [0.2, 0.25) is 0 Å². The van der Waals surface area contributed by atoms with Crippen molar-refractivity contribution in [2.45, 2.75) is 26.3 Å². The fourth-order valence-electron chi connectivity index (χ4n) is 1.38. The molecule has 0 radical (unpaired) electrons. The summed E-state index contributed by atoms with van der Waals surface area (Å²) in [6.07, 6.45) is 3.51. The van der Waals surface area contributed by atoms with E-state index in [1.54, 1.807) is 0 Å². The van der Waals surface area contributed by atoms with Gasteiger partial charge in [-0.25, -0.2) is 9.97 Å². The van der Waals surface area contributed by atoms with E-state index in [1.807, 2.05) is 0 Å². The standard InChI is InChI=1S/C11H19N5O2/c1-4-9(2)15(3)6-5-12-11-13-7-10(8-14-11)16(17)18/h7-9H,4-6H2,1-3H3,(H,12,13,14). The lowest BCUT2D eigenvalue weighted by Crippen LogP contribution is -2.32. The zero-order chi connectivity index (χ0) is 13.5. The van der Waals surface area contributed by atoms with Crippen molar-refractivity contribution in [1.29, 1.82) is 0 Å². The van der Waals surface area contributed by atoms with Gasteiger partial charge >= 0.3 is 5.69 Å². The molecule has 0 spiro atoms. The third-order valence-corrected chi connectivity index (χ3v) is 2.94. The molecule has 7 nitrogen and oxygen atoms in total. The first-order valence-electron chi connectivity index (χ1n) is 5.95. The van der Waals surface area contributed by atoms with Gasteiger partial charge in [0.2, 0.25) is 5.95 Å². The van der Waals surface area contributed by atoms with Crippen molar-refractivity contribution in [3.63, 3.8) is 0 Å². The Hall–Kier alpha value is -1.76. The average molecular weight is 253 g/mol. The SMILES string of the molecule is CCC(C)N(C)CCNc1ncc([N+](=O)[O-])cn1. The van der Waals surface area contributed by atoms with Crippen LogP contribution in [0.3, 0.4) is 0 Å². The summed E-state index contributed by atoms with van der Waals surface area (Å²) in [5.41, 5.74) is -0.0997. The van der Waals surface area contributed by atoms with E-state index in [0.717, 1.165) is 13.0 Å². The van der Waals surface area contributed by atoms with Crippen molar-refractivity contribution in [3.8, 4) is 0 Å². The molecule has 0 bridgehead atoms. The largest absolute Gasteiger partial charge is 0.353 e. The molecule has 1 heterocycles. The van der Waals surface area contributed by atoms with Crippen molar-refractivity contribution in [3.05, 3.63) is 22.5 Å². The second-order valence-corrected chi connectivity index (χ2v) is 4.19. The van der Waals surface area contributed by atoms with Gasteiger partial charge in [0.05, 0.1) is 4.92 Å². The minimum atomic E-state index is -0.513. The van der Waals surface area contributed by atoms with Crippen molar-refractivity contribution in [2.75, 3.05) is 25.5 Å². The first kappa shape index (κ1) is 14.3. The molecule has 100 valence electrons. The number of likely N-dealkylation sites (N-methyl/N-ethyl adjacent to an activating group) is 1.